The molecule has 0 aliphatic heterocycles. The van der Waals surface area contributed by atoms with Crippen LogP contribution < -0.4 is 10.1 Å². The van der Waals surface area contributed by atoms with Crippen molar-refractivity contribution in [3.8, 4) is 17.2 Å². The molecule has 0 saturated carbocycles. The van der Waals surface area contributed by atoms with E-state index in [1.807, 2.05) is 62.4 Å². The molecule has 1 N–H and O–H groups in total. The van der Waals surface area contributed by atoms with Crippen molar-refractivity contribution in [2.75, 3.05) is 11.9 Å². The Morgan fingerprint density at radius 1 is 1.22 bits per heavy atom. The molecule has 140 valence electrons. The van der Waals surface area contributed by atoms with E-state index in [1.165, 1.54) is 11.8 Å². The molecule has 0 saturated heterocycles. The molecule has 1 aromatic heterocycles. The fraction of sp³-hybridized carbons (Fsp3) is 0.250. The lowest BCUT2D eigenvalue weighted by molar-refractivity contribution is -0.115. The lowest BCUT2D eigenvalue weighted by atomic mass is 10.1. The Labute approximate surface area is 162 Å². The van der Waals surface area contributed by atoms with Crippen LogP contribution in [0, 0.1) is 6.92 Å². The SMILES string of the molecule is CCOc1ccccc1NC(=O)[C@H](C)Sc1nnc(-c2cccc(C)c2)o1. The molecule has 0 spiro atoms. The zero-order chi connectivity index (χ0) is 19.2. The van der Waals surface area contributed by atoms with Crippen molar-refractivity contribution in [2.24, 2.45) is 0 Å². The number of carbonyl (C=O) groups excluding carboxylic acids is 1. The Hall–Kier alpha value is -2.80. The molecule has 2 aromatic carbocycles. The minimum atomic E-state index is -0.412. The number of anilines is 1. The number of nitrogens with one attached hydrogen (secondary N) is 1. The van der Waals surface area contributed by atoms with Gasteiger partial charge in [0, 0.05) is 5.56 Å². The van der Waals surface area contributed by atoms with Gasteiger partial charge in [-0.2, -0.15) is 0 Å². The summed E-state index contributed by atoms with van der Waals surface area (Å²) >= 11 is 1.22. The molecule has 3 aromatic rings. The van der Waals surface area contributed by atoms with Crippen LogP contribution in [0.4, 0.5) is 5.69 Å². The van der Waals surface area contributed by atoms with Crippen LogP contribution in [0.3, 0.4) is 0 Å². The zero-order valence-electron chi connectivity index (χ0n) is 15.4. The number of hydrogen-bond donors (Lipinski definition) is 1. The average molecular weight is 383 g/mol. The minimum Gasteiger partial charge on any atom is -0.492 e. The summed E-state index contributed by atoms with van der Waals surface area (Å²) in [5.41, 5.74) is 2.61. The van der Waals surface area contributed by atoms with Crippen LogP contribution in [0.25, 0.3) is 11.5 Å². The number of rotatable bonds is 7. The molecule has 7 heteroatoms. The second-order valence-electron chi connectivity index (χ2n) is 5.92. The van der Waals surface area contributed by atoms with Crippen molar-refractivity contribution in [2.45, 2.75) is 31.2 Å². The largest absolute Gasteiger partial charge is 0.492 e. The highest BCUT2D eigenvalue weighted by molar-refractivity contribution is 8.00. The molecule has 0 aliphatic rings. The second kappa shape index (κ2) is 8.73. The van der Waals surface area contributed by atoms with Gasteiger partial charge in [-0.15, -0.1) is 10.2 Å². The van der Waals surface area contributed by atoms with Crippen LogP contribution in [-0.4, -0.2) is 28.0 Å². The molecule has 1 heterocycles. The molecular weight excluding hydrogens is 362 g/mol. The number of ether oxygens (including phenoxy) is 1. The lowest BCUT2D eigenvalue weighted by Crippen LogP contribution is -2.22. The van der Waals surface area contributed by atoms with Gasteiger partial charge in [0.25, 0.3) is 5.22 Å². The maximum Gasteiger partial charge on any atom is 0.277 e. The maximum atomic E-state index is 12.5. The summed E-state index contributed by atoms with van der Waals surface area (Å²) in [4.78, 5) is 12.5. The Morgan fingerprint density at radius 2 is 2.04 bits per heavy atom. The van der Waals surface area contributed by atoms with Gasteiger partial charge in [0.05, 0.1) is 17.5 Å². The molecule has 6 nitrogen and oxygen atoms in total. The van der Waals surface area contributed by atoms with Gasteiger partial charge in [-0.3, -0.25) is 4.79 Å². The highest BCUT2D eigenvalue weighted by atomic mass is 32.2. The number of thioether (sulfide) groups is 1. The predicted molar refractivity (Wildman–Crippen MR) is 106 cm³/mol. The predicted octanol–water partition coefficient (Wildman–Crippen LogP) is 4.56. The number of aromatic nitrogens is 2. The van der Waals surface area contributed by atoms with E-state index in [1.54, 1.807) is 6.92 Å². The van der Waals surface area contributed by atoms with Crippen molar-refractivity contribution in [3.05, 3.63) is 54.1 Å². The zero-order valence-corrected chi connectivity index (χ0v) is 16.2. The number of carbonyl (C=O) groups is 1. The van der Waals surface area contributed by atoms with Crippen molar-refractivity contribution >= 4 is 23.4 Å². The van der Waals surface area contributed by atoms with Gasteiger partial charge >= 0.3 is 0 Å². The van der Waals surface area contributed by atoms with Crippen molar-refractivity contribution in [1.29, 1.82) is 0 Å². The molecule has 0 fully saturated rings. The van der Waals surface area contributed by atoms with Crippen molar-refractivity contribution < 1.29 is 13.9 Å². The van der Waals surface area contributed by atoms with Gasteiger partial charge in [0.15, 0.2) is 0 Å². The van der Waals surface area contributed by atoms with E-state index in [-0.39, 0.29) is 5.91 Å². The first-order chi connectivity index (χ1) is 13.1. The summed E-state index contributed by atoms with van der Waals surface area (Å²) in [6.45, 7) is 6.22. The first kappa shape index (κ1) is 19.0. The van der Waals surface area contributed by atoms with Crippen LogP contribution >= 0.6 is 11.8 Å². The average Bonchev–Trinajstić information content (AvgIpc) is 3.12. The third-order valence-electron chi connectivity index (χ3n) is 3.76. The molecule has 3 rings (SSSR count). The highest BCUT2D eigenvalue weighted by Gasteiger charge is 2.20. The van der Waals surface area contributed by atoms with Crippen LogP contribution in [0.1, 0.15) is 19.4 Å². The second-order valence-corrected chi connectivity index (χ2v) is 7.21. The van der Waals surface area contributed by atoms with E-state index < -0.39 is 5.25 Å². The van der Waals surface area contributed by atoms with E-state index in [2.05, 4.69) is 15.5 Å². The van der Waals surface area contributed by atoms with Crippen LogP contribution in [0.5, 0.6) is 5.75 Å². The molecule has 1 atom stereocenters. The summed E-state index contributed by atoms with van der Waals surface area (Å²) in [5, 5.41) is 10.9. The molecule has 0 unspecified atom stereocenters. The third-order valence-corrected chi connectivity index (χ3v) is 4.70. The summed E-state index contributed by atoms with van der Waals surface area (Å²) in [7, 11) is 0. The van der Waals surface area contributed by atoms with E-state index in [4.69, 9.17) is 9.15 Å². The summed E-state index contributed by atoms with van der Waals surface area (Å²) in [6.07, 6.45) is 0. The first-order valence-electron chi connectivity index (χ1n) is 8.66. The fourth-order valence-corrected chi connectivity index (χ4v) is 3.13. The highest BCUT2D eigenvalue weighted by Crippen LogP contribution is 2.29. The van der Waals surface area contributed by atoms with Crippen LogP contribution in [0.15, 0.2) is 58.2 Å². The summed E-state index contributed by atoms with van der Waals surface area (Å²) < 4.78 is 11.2. The first-order valence-corrected chi connectivity index (χ1v) is 9.54. The van der Waals surface area contributed by atoms with Gasteiger partial charge in [0.2, 0.25) is 11.8 Å². The van der Waals surface area contributed by atoms with Crippen molar-refractivity contribution in [3.63, 3.8) is 0 Å². The van der Waals surface area contributed by atoms with E-state index in [0.29, 0.717) is 29.2 Å². The van der Waals surface area contributed by atoms with E-state index >= 15 is 0 Å². The molecule has 0 aliphatic carbocycles. The number of nitrogens with zero attached hydrogens (tertiary/aromatic N) is 2. The Morgan fingerprint density at radius 3 is 2.81 bits per heavy atom. The number of aryl methyl sites for hydroxylation is 1. The molecule has 1 amide bonds. The standard InChI is InChI=1S/C20H21N3O3S/c1-4-25-17-11-6-5-10-16(17)21-18(24)14(3)27-20-23-22-19(26-20)15-9-7-8-13(2)12-15/h5-12,14H,4H2,1-3H3,(H,21,24)/t14-/m0/s1. The van der Waals surface area contributed by atoms with E-state index in [9.17, 15) is 4.79 Å². The molecule has 27 heavy (non-hydrogen) atoms. The van der Waals surface area contributed by atoms with Gasteiger partial charge in [0.1, 0.15) is 5.75 Å². The third kappa shape index (κ3) is 4.89. The number of para-hydroxylation sites is 2. The number of hydrogen-bond acceptors (Lipinski definition) is 6. The van der Waals surface area contributed by atoms with Crippen molar-refractivity contribution in [1.82, 2.24) is 10.2 Å². The number of benzene rings is 2. The van der Waals surface area contributed by atoms with Gasteiger partial charge in [-0.05, 0) is 45.0 Å². The number of amides is 1. The minimum absolute atomic E-state index is 0.164. The summed E-state index contributed by atoms with van der Waals surface area (Å²) in [5.74, 6) is 0.919. The van der Waals surface area contributed by atoms with E-state index in [0.717, 1.165) is 11.1 Å². The molecular formula is C20H21N3O3S. The molecule has 0 radical (unpaired) electrons. The topological polar surface area (TPSA) is 77.2 Å². The van der Waals surface area contributed by atoms with Gasteiger partial charge < -0.3 is 14.5 Å². The Bertz CT molecular complexity index is 926. The van der Waals surface area contributed by atoms with Crippen LogP contribution in [-0.2, 0) is 4.79 Å². The Kier molecular flexibility index (Phi) is 6.13. The van der Waals surface area contributed by atoms with Gasteiger partial charge in [-0.25, -0.2) is 0 Å². The molecule has 0 bridgehead atoms. The maximum absolute atomic E-state index is 12.5. The lowest BCUT2D eigenvalue weighted by Gasteiger charge is -2.13. The quantitative estimate of drug-likeness (QED) is 0.603. The smallest absolute Gasteiger partial charge is 0.277 e. The van der Waals surface area contributed by atoms with Crippen LogP contribution in [0.2, 0.25) is 0 Å². The van der Waals surface area contributed by atoms with Gasteiger partial charge in [-0.1, -0.05) is 41.6 Å². The fourth-order valence-electron chi connectivity index (χ4n) is 2.44. The summed E-state index contributed by atoms with van der Waals surface area (Å²) in [6, 6.07) is 15.2. The monoisotopic (exact) mass is 383 g/mol. The normalized spacial score (nSPS) is 11.8. The Balaban J connectivity index is 1.65.